The molecule has 0 spiro atoms. The van der Waals surface area contributed by atoms with Crippen LogP contribution in [0.5, 0.6) is 0 Å². The second kappa shape index (κ2) is 4.78. The van der Waals surface area contributed by atoms with Crippen LogP contribution in [0.4, 0.5) is 0 Å². The van der Waals surface area contributed by atoms with Gasteiger partial charge in [0.2, 0.25) is 0 Å². The van der Waals surface area contributed by atoms with Gasteiger partial charge in [0.25, 0.3) is 0 Å². The van der Waals surface area contributed by atoms with Gasteiger partial charge < -0.3 is 5.11 Å². The number of pyridine rings is 1. The van der Waals surface area contributed by atoms with Crippen LogP contribution in [-0.4, -0.2) is 25.8 Å². The van der Waals surface area contributed by atoms with Gasteiger partial charge in [-0.25, -0.2) is 14.5 Å². The molecule has 0 saturated heterocycles. The molecule has 0 amide bonds. The number of hydrogen-bond donors (Lipinski definition) is 1. The number of aromatic nitrogens is 3. The first-order valence-corrected chi connectivity index (χ1v) is 5.82. The third-order valence-electron chi connectivity index (χ3n) is 2.48. The van der Waals surface area contributed by atoms with Crippen molar-refractivity contribution in [3.05, 3.63) is 40.8 Å². The van der Waals surface area contributed by atoms with Crippen LogP contribution in [0.15, 0.2) is 24.4 Å². The van der Waals surface area contributed by atoms with E-state index in [1.54, 1.807) is 18.3 Å². The maximum Gasteiger partial charge on any atom is 0.354 e. The Balaban J connectivity index is 2.63. The number of carboxylic acid groups (broad SMARTS) is 1. The zero-order chi connectivity index (χ0) is 13.3. The highest BCUT2D eigenvalue weighted by molar-refractivity contribution is 6.32. The Morgan fingerprint density at radius 2 is 2.22 bits per heavy atom. The number of halogens is 1. The lowest BCUT2D eigenvalue weighted by Gasteiger charge is -2.05. The van der Waals surface area contributed by atoms with E-state index < -0.39 is 5.97 Å². The van der Waals surface area contributed by atoms with Crippen molar-refractivity contribution < 1.29 is 9.90 Å². The number of carbonyl (C=O) groups is 1. The Bertz CT molecular complexity index is 593. The lowest BCUT2D eigenvalue weighted by molar-refractivity contribution is 0.0687. The maximum atomic E-state index is 11.2. The predicted octanol–water partition coefficient (Wildman–Crippen LogP) is 2.74. The predicted molar refractivity (Wildman–Crippen MR) is 67.4 cm³/mol. The summed E-state index contributed by atoms with van der Waals surface area (Å²) in [6.07, 6.45) is 1.55. The normalized spacial score (nSPS) is 10.9. The fraction of sp³-hybridized carbons (Fsp3) is 0.250. The summed E-state index contributed by atoms with van der Waals surface area (Å²) in [7, 11) is 0. The SMILES string of the molecule is CC(C)c1cc(C(=O)O)n(-c2ncccc2Cl)n1. The fourth-order valence-electron chi connectivity index (χ4n) is 1.53. The van der Waals surface area contributed by atoms with Gasteiger partial charge in [0, 0.05) is 6.20 Å². The van der Waals surface area contributed by atoms with Crippen LogP contribution in [0.1, 0.15) is 35.9 Å². The monoisotopic (exact) mass is 265 g/mol. The van der Waals surface area contributed by atoms with E-state index >= 15 is 0 Å². The number of hydrogen-bond acceptors (Lipinski definition) is 3. The Morgan fingerprint density at radius 3 is 2.78 bits per heavy atom. The van der Waals surface area contributed by atoms with Crippen LogP contribution in [0.2, 0.25) is 5.02 Å². The van der Waals surface area contributed by atoms with E-state index in [0.29, 0.717) is 16.5 Å². The number of carboxylic acids is 1. The summed E-state index contributed by atoms with van der Waals surface area (Å²) >= 11 is 6.01. The number of rotatable bonds is 3. The Hall–Kier alpha value is -1.88. The molecule has 2 heterocycles. The van der Waals surface area contributed by atoms with Crippen LogP contribution in [-0.2, 0) is 0 Å². The lowest BCUT2D eigenvalue weighted by atomic mass is 10.1. The van der Waals surface area contributed by atoms with Crippen LogP contribution in [0, 0.1) is 0 Å². The first kappa shape index (κ1) is 12.6. The first-order chi connectivity index (χ1) is 8.50. The van der Waals surface area contributed by atoms with E-state index in [1.807, 2.05) is 13.8 Å². The zero-order valence-electron chi connectivity index (χ0n) is 9.96. The molecule has 5 nitrogen and oxygen atoms in total. The second-order valence-corrected chi connectivity index (χ2v) is 4.54. The minimum atomic E-state index is -1.06. The van der Waals surface area contributed by atoms with Crippen LogP contribution in [0.25, 0.3) is 5.82 Å². The molecule has 0 atom stereocenters. The van der Waals surface area contributed by atoms with Crippen molar-refractivity contribution in [3.63, 3.8) is 0 Å². The van der Waals surface area contributed by atoms with Gasteiger partial charge in [-0.3, -0.25) is 0 Å². The molecule has 94 valence electrons. The highest BCUT2D eigenvalue weighted by Crippen LogP contribution is 2.21. The van der Waals surface area contributed by atoms with E-state index in [1.165, 1.54) is 10.7 Å². The van der Waals surface area contributed by atoms with Gasteiger partial charge >= 0.3 is 5.97 Å². The number of aromatic carboxylic acids is 1. The molecule has 18 heavy (non-hydrogen) atoms. The van der Waals surface area contributed by atoms with Gasteiger partial charge in [0.1, 0.15) is 0 Å². The molecule has 2 aromatic rings. The first-order valence-electron chi connectivity index (χ1n) is 5.45. The van der Waals surface area contributed by atoms with Crippen molar-refractivity contribution in [1.82, 2.24) is 14.8 Å². The third-order valence-corrected chi connectivity index (χ3v) is 2.77. The molecular weight excluding hydrogens is 254 g/mol. The fourth-order valence-corrected chi connectivity index (χ4v) is 1.73. The summed E-state index contributed by atoms with van der Waals surface area (Å²) < 4.78 is 1.26. The Kier molecular flexibility index (Phi) is 3.34. The van der Waals surface area contributed by atoms with Crippen LogP contribution >= 0.6 is 11.6 Å². The summed E-state index contributed by atoms with van der Waals surface area (Å²) in [4.78, 5) is 15.3. The van der Waals surface area contributed by atoms with Gasteiger partial charge in [-0.1, -0.05) is 25.4 Å². The molecule has 2 aromatic heterocycles. The number of nitrogens with zero attached hydrogens (tertiary/aromatic N) is 3. The van der Waals surface area contributed by atoms with Gasteiger partial charge in [-0.15, -0.1) is 0 Å². The van der Waals surface area contributed by atoms with Crippen molar-refractivity contribution in [2.24, 2.45) is 0 Å². The van der Waals surface area contributed by atoms with Gasteiger partial charge in [-0.05, 0) is 24.1 Å². The van der Waals surface area contributed by atoms with E-state index in [0.717, 1.165) is 0 Å². The summed E-state index contributed by atoms with van der Waals surface area (Å²) in [5, 5.41) is 13.8. The summed E-state index contributed by atoms with van der Waals surface area (Å²) in [5.74, 6) is -0.605. The minimum absolute atomic E-state index is 0.0549. The van der Waals surface area contributed by atoms with Gasteiger partial charge in [-0.2, -0.15) is 5.10 Å². The van der Waals surface area contributed by atoms with Crippen LogP contribution in [0.3, 0.4) is 0 Å². The highest BCUT2D eigenvalue weighted by atomic mass is 35.5. The summed E-state index contributed by atoms with van der Waals surface area (Å²) in [6, 6.07) is 4.86. The maximum absolute atomic E-state index is 11.2. The third kappa shape index (κ3) is 2.22. The molecule has 2 rings (SSSR count). The largest absolute Gasteiger partial charge is 0.477 e. The second-order valence-electron chi connectivity index (χ2n) is 4.13. The summed E-state index contributed by atoms with van der Waals surface area (Å²) in [6.45, 7) is 3.89. The van der Waals surface area contributed by atoms with Gasteiger partial charge in [0.05, 0.1) is 10.7 Å². The average molecular weight is 266 g/mol. The minimum Gasteiger partial charge on any atom is -0.477 e. The van der Waals surface area contributed by atoms with E-state index in [-0.39, 0.29) is 11.6 Å². The standard InChI is InChI=1S/C12H12ClN3O2/c1-7(2)9-6-10(12(17)18)16(15-9)11-8(13)4-3-5-14-11/h3-7H,1-2H3,(H,17,18). The zero-order valence-corrected chi connectivity index (χ0v) is 10.7. The van der Waals surface area contributed by atoms with Gasteiger partial charge in [0.15, 0.2) is 11.5 Å². The topological polar surface area (TPSA) is 68.0 Å². The lowest BCUT2D eigenvalue weighted by Crippen LogP contribution is -2.09. The molecule has 0 radical (unpaired) electrons. The molecular formula is C12H12ClN3O2. The van der Waals surface area contributed by atoms with E-state index in [4.69, 9.17) is 11.6 Å². The Labute approximate surface area is 109 Å². The molecule has 1 N–H and O–H groups in total. The molecule has 0 aliphatic heterocycles. The average Bonchev–Trinajstić information content (AvgIpc) is 2.74. The van der Waals surface area contributed by atoms with Crippen molar-refractivity contribution in [3.8, 4) is 5.82 Å². The molecule has 0 unspecified atom stereocenters. The molecule has 6 heteroatoms. The van der Waals surface area contributed by atoms with Crippen molar-refractivity contribution in [1.29, 1.82) is 0 Å². The molecule has 0 saturated carbocycles. The van der Waals surface area contributed by atoms with E-state index in [9.17, 15) is 9.90 Å². The Morgan fingerprint density at radius 1 is 1.50 bits per heavy atom. The van der Waals surface area contributed by atoms with E-state index in [2.05, 4.69) is 10.1 Å². The van der Waals surface area contributed by atoms with Crippen molar-refractivity contribution in [2.45, 2.75) is 19.8 Å². The quantitative estimate of drug-likeness (QED) is 0.926. The van der Waals surface area contributed by atoms with Crippen LogP contribution < -0.4 is 0 Å². The molecule has 0 aromatic carbocycles. The van der Waals surface area contributed by atoms with Crippen molar-refractivity contribution in [2.75, 3.05) is 0 Å². The molecule has 0 fully saturated rings. The molecule has 0 bridgehead atoms. The highest BCUT2D eigenvalue weighted by Gasteiger charge is 2.19. The molecule has 0 aliphatic rings. The summed E-state index contributed by atoms with van der Waals surface area (Å²) in [5.41, 5.74) is 0.744. The molecule has 0 aliphatic carbocycles. The van der Waals surface area contributed by atoms with Crippen molar-refractivity contribution >= 4 is 17.6 Å². The smallest absolute Gasteiger partial charge is 0.354 e.